The van der Waals surface area contributed by atoms with Gasteiger partial charge in [-0.3, -0.25) is 0 Å². The summed E-state index contributed by atoms with van der Waals surface area (Å²) >= 11 is 0. The van der Waals surface area contributed by atoms with E-state index in [0.29, 0.717) is 5.75 Å². The van der Waals surface area contributed by atoms with Crippen molar-refractivity contribution in [2.45, 2.75) is 0 Å². The predicted molar refractivity (Wildman–Crippen MR) is 134 cm³/mol. The maximum absolute atomic E-state index is 9.53. The lowest BCUT2D eigenvalue weighted by Gasteiger charge is -2.12. The molecule has 0 spiro atoms. The zero-order valence-corrected chi connectivity index (χ0v) is 17.5. The first kappa shape index (κ1) is 18.4. The molecule has 0 unspecified atom stereocenters. The van der Waals surface area contributed by atoms with Crippen LogP contribution in [0, 0.1) is 0 Å². The second-order valence-corrected chi connectivity index (χ2v) is 8.14. The molecule has 4 nitrogen and oxygen atoms in total. The first-order valence-electron chi connectivity index (χ1n) is 10.8. The van der Waals surface area contributed by atoms with Gasteiger partial charge in [0.25, 0.3) is 0 Å². The molecule has 7 aromatic rings. The molecule has 0 aliphatic rings. The van der Waals surface area contributed by atoms with Crippen molar-refractivity contribution in [2.75, 3.05) is 0 Å². The summed E-state index contributed by atoms with van der Waals surface area (Å²) in [7, 11) is 0.735. The summed E-state index contributed by atoms with van der Waals surface area (Å²) in [6.45, 7) is 0. The van der Waals surface area contributed by atoms with Crippen molar-refractivity contribution in [3.05, 3.63) is 97.1 Å². The molecule has 5 aromatic carbocycles. The molecule has 0 saturated carbocycles. The summed E-state index contributed by atoms with van der Waals surface area (Å²) in [5, 5.41) is 15.8. The van der Waals surface area contributed by atoms with E-state index in [-0.39, 0.29) is 0 Å². The number of fused-ring (bicyclic) bond motifs is 9. The molecule has 0 bridgehead atoms. The van der Waals surface area contributed by atoms with Crippen LogP contribution in [0.4, 0.5) is 0 Å². The minimum absolute atomic E-state index is 0.572. The minimum atomic E-state index is 0.572. The lowest BCUT2D eigenvalue weighted by molar-refractivity contribution is 0.457. The van der Waals surface area contributed by atoms with Gasteiger partial charge in [0.05, 0.1) is 11.0 Å². The molecular formula is C28H17BNO3. The predicted octanol–water partition coefficient (Wildman–Crippen LogP) is 6.74. The Morgan fingerprint density at radius 1 is 0.667 bits per heavy atom. The monoisotopic (exact) mass is 426 g/mol. The molecule has 0 amide bonds. The van der Waals surface area contributed by atoms with E-state index in [1.165, 1.54) is 0 Å². The SMILES string of the molecule is O[B]Oc1cc2c(c3ccccc3n2-c2ccccc2)c2c1ccc1c3ccccc3oc12. The van der Waals surface area contributed by atoms with Gasteiger partial charge in [-0.2, -0.15) is 0 Å². The topological polar surface area (TPSA) is 47.5 Å². The highest BCUT2D eigenvalue weighted by Crippen LogP contribution is 2.45. The summed E-state index contributed by atoms with van der Waals surface area (Å²) in [5.41, 5.74) is 4.80. The van der Waals surface area contributed by atoms with Gasteiger partial charge in [-0.15, -0.1) is 0 Å². The van der Waals surface area contributed by atoms with E-state index in [1.807, 2.05) is 48.5 Å². The van der Waals surface area contributed by atoms with Crippen LogP contribution in [0.5, 0.6) is 5.75 Å². The third-order valence-electron chi connectivity index (χ3n) is 6.44. The van der Waals surface area contributed by atoms with Gasteiger partial charge in [-0.1, -0.05) is 54.6 Å². The van der Waals surface area contributed by atoms with Gasteiger partial charge in [-0.25, -0.2) is 0 Å². The smallest absolute Gasteiger partial charge is 0.537 e. The molecule has 2 heterocycles. The molecule has 7 rings (SSSR count). The number of nitrogens with zero attached hydrogens (tertiary/aromatic N) is 1. The molecule has 0 fully saturated rings. The van der Waals surface area contributed by atoms with Crippen LogP contribution in [-0.4, -0.2) is 17.3 Å². The first-order valence-corrected chi connectivity index (χ1v) is 10.8. The average Bonchev–Trinajstić information content (AvgIpc) is 3.40. The fourth-order valence-corrected chi connectivity index (χ4v) is 5.11. The number of rotatable bonds is 3. The van der Waals surface area contributed by atoms with E-state index < -0.39 is 0 Å². The van der Waals surface area contributed by atoms with Crippen molar-refractivity contribution in [1.29, 1.82) is 0 Å². The van der Waals surface area contributed by atoms with Crippen LogP contribution >= 0.6 is 0 Å². The van der Waals surface area contributed by atoms with Gasteiger partial charge in [0.15, 0.2) is 0 Å². The number of furan rings is 1. The summed E-state index contributed by atoms with van der Waals surface area (Å²) < 4.78 is 14.3. The van der Waals surface area contributed by atoms with Crippen molar-refractivity contribution < 1.29 is 14.1 Å². The molecule has 0 saturated heterocycles. The molecule has 0 aliphatic heterocycles. The quantitative estimate of drug-likeness (QED) is 0.318. The van der Waals surface area contributed by atoms with Crippen LogP contribution in [0.1, 0.15) is 0 Å². The Morgan fingerprint density at radius 2 is 1.39 bits per heavy atom. The Balaban J connectivity index is 1.79. The molecule has 5 heteroatoms. The molecule has 0 aliphatic carbocycles. The van der Waals surface area contributed by atoms with Gasteiger partial charge < -0.3 is 18.7 Å². The lowest BCUT2D eigenvalue weighted by atomic mass is 9.99. The third-order valence-corrected chi connectivity index (χ3v) is 6.44. The number of benzene rings is 5. The second kappa shape index (κ2) is 6.89. The highest BCUT2D eigenvalue weighted by atomic mass is 16.5. The zero-order chi connectivity index (χ0) is 21.9. The van der Waals surface area contributed by atoms with Crippen molar-refractivity contribution in [3.8, 4) is 11.4 Å². The van der Waals surface area contributed by atoms with Gasteiger partial charge >= 0.3 is 7.69 Å². The van der Waals surface area contributed by atoms with Gasteiger partial charge in [-0.05, 0) is 36.4 Å². The Labute approximate surface area is 189 Å². The van der Waals surface area contributed by atoms with Crippen molar-refractivity contribution in [3.63, 3.8) is 0 Å². The Morgan fingerprint density at radius 3 is 2.24 bits per heavy atom. The van der Waals surface area contributed by atoms with Crippen LogP contribution in [0.2, 0.25) is 0 Å². The van der Waals surface area contributed by atoms with Crippen LogP contribution in [0.25, 0.3) is 60.2 Å². The largest absolute Gasteiger partial charge is 0.569 e. The number of aromatic nitrogens is 1. The lowest BCUT2D eigenvalue weighted by Crippen LogP contribution is -2.01. The number of hydrogen-bond donors (Lipinski definition) is 1. The average molecular weight is 426 g/mol. The maximum atomic E-state index is 9.53. The van der Waals surface area contributed by atoms with E-state index in [1.54, 1.807) is 0 Å². The van der Waals surface area contributed by atoms with Crippen LogP contribution in [-0.2, 0) is 0 Å². The third kappa shape index (κ3) is 2.51. The van der Waals surface area contributed by atoms with E-state index in [9.17, 15) is 5.02 Å². The fraction of sp³-hybridized carbons (Fsp3) is 0. The van der Waals surface area contributed by atoms with Gasteiger partial charge in [0, 0.05) is 44.1 Å². The molecule has 33 heavy (non-hydrogen) atoms. The summed E-state index contributed by atoms with van der Waals surface area (Å²) in [6, 6.07) is 32.9. The normalized spacial score (nSPS) is 11.8. The van der Waals surface area contributed by atoms with Crippen LogP contribution < -0.4 is 4.65 Å². The summed E-state index contributed by atoms with van der Waals surface area (Å²) in [4.78, 5) is 0. The standard InChI is InChI=1S/C28H17BNO3/c31-29-33-25-16-23-26(20-11-4-6-12-22(20)30(23)17-8-2-1-3-9-17)27-21(25)15-14-19-18-10-5-7-13-24(18)32-28(19)27/h1-16,31H. The molecular weight excluding hydrogens is 409 g/mol. The second-order valence-electron chi connectivity index (χ2n) is 8.14. The van der Waals surface area contributed by atoms with Crippen molar-refractivity contribution in [1.82, 2.24) is 4.57 Å². The molecule has 1 N–H and O–H groups in total. The first-order chi connectivity index (χ1) is 16.3. The van der Waals surface area contributed by atoms with E-state index >= 15 is 0 Å². The molecule has 155 valence electrons. The van der Waals surface area contributed by atoms with Crippen molar-refractivity contribution >= 4 is 62.2 Å². The van der Waals surface area contributed by atoms with E-state index in [0.717, 1.165) is 67.9 Å². The maximum Gasteiger partial charge on any atom is 0.569 e. The van der Waals surface area contributed by atoms with Crippen LogP contribution in [0.3, 0.4) is 0 Å². The Kier molecular flexibility index (Phi) is 3.83. The minimum Gasteiger partial charge on any atom is -0.537 e. The van der Waals surface area contributed by atoms with Gasteiger partial charge in [0.1, 0.15) is 16.9 Å². The number of hydrogen-bond acceptors (Lipinski definition) is 3. The summed E-state index contributed by atoms with van der Waals surface area (Å²) in [5.74, 6) is 0.572. The summed E-state index contributed by atoms with van der Waals surface area (Å²) in [6.07, 6.45) is 0. The van der Waals surface area contributed by atoms with Crippen molar-refractivity contribution in [2.24, 2.45) is 0 Å². The van der Waals surface area contributed by atoms with Crippen LogP contribution in [0.15, 0.2) is 101 Å². The zero-order valence-electron chi connectivity index (χ0n) is 17.5. The fourth-order valence-electron chi connectivity index (χ4n) is 5.11. The van der Waals surface area contributed by atoms with E-state index in [2.05, 4.69) is 53.1 Å². The molecule has 2 aromatic heterocycles. The Bertz CT molecular complexity index is 1830. The van der Waals surface area contributed by atoms with E-state index in [4.69, 9.17) is 9.07 Å². The van der Waals surface area contributed by atoms with Gasteiger partial charge in [0.2, 0.25) is 0 Å². The molecule has 1 radical (unpaired) electrons. The molecule has 0 atom stereocenters. The highest BCUT2D eigenvalue weighted by molar-refractivity contribution is 6.31. The Hall–Kier alpha value is -4.22. The highest BCUT2D eigenvalue weighted by Gasteiger charge is 2.21. The number of para-hydroxylation sites is 3.